The van der Waals surface area contributed by atoms with Gasteiger partial charge in [-0.05, 0) is 37.3 Å². The van der Waals surface area contributed by atoms with E-state index in [1.54, 1.807) is 0 Å². The molecule has 0 unspecified atom stereocenters. The molecule has 0 aliphatic carbocycles. The predicted octanol–water partition coefficient (Wildman–Crippen LogP) is -16.8. The van der Waals surface area contributed by atoms with Crippen molar-refractivity contribution in [2.45, 2.75) is 326 Å². The Balaban J connectivity index is 1.05. The van der Waals surface area contributed by atoms with E-state index >= 15 is 0 Å². The molecule has 126 heavy (non-hydrogen) atoms. The van der Waals surface area contributed by atoms with E-state index in [0.717, 1.165) is 55.4 Å². The fraction of sp³-hybridized carbons (Fsp3) is 0.861. The van der Waals surface area contributed by atoms with Gasteiger partial charge in [0, 0.05) is 68.5 Å². The first-order valence-electron chi connectivity index (χ1n) is 40.8. The van der Waals surface area contributed by atoms with E-state index in [-0.39, 0.29) is 23.3 Å². The van der Waals surface area contributed by atoms with E-state index < -0.39 is 345 Å². The van der Waals surface area contributed by atoms with Gasteiger partial charge in [-0.25, -0.2) is 0 Å². The van der Waals surface area contributed by atoms with E-state index in [1.807, 2.05) is 0 Å². The minimum absolute atomic E-state index is 0.0935. The van der Waals surface area contributed by atoms with Gasteiger partial charge in [-0.3, -0.25) is 38.4 Å². The van der Waals surface area contributed by atoms with Crippen molar-refractivity contribution < 1.29 is 197 Å². The molecule has 0 spiro atoms. The Labute approximate surface area is 731 Å². The van der Waals surface area contributed by atoms with Gasteiger partial charge in [0.25, 0.3) is 0 Å². The highest BCUT2D eigenvalue weighted by Crippen LogP contribution is 2.38. The Morgan fingerprint density at radius 2 is 0.452 bits per heavy atom. The number of carbonyl (C=O) groups is 8. The van der Waals surface area contributed by atoms with Gasteiger partial charge < -0.3 is 222 Å². The molecule has 0 aromatic rings. The van der Waals surface area contributed by atoms with E-state index in [4.69, 9.17) is 90.8 Å². The standard InChI is InChI=1S/C72H122N12O40S2/c1-23(91)75-39-53(105)47(99)31(15-85)115-65(39)111-21-37-59(121-67-41(77-25(3)93)55(107)49(101)33(17-87)117-67)61(123-69-43(79-27(5)95)57(109)51(103)35(19-89)119-69)45(81-29(7)97)63(113-37)83-71(125)73-13-11-9-10-12-14-74-72(126)84-64-46(82-30(8)98)62(124-70-44(80-28(6)96)58(110)52(104)36(20-90)120-70)60(122-68-42(78-26(4)94)56(108)50(102)34(18-88)118-68)38(114-64)22-112-66-40(76-24(2)92)54(106)48(100)32(16-86)116-66/h31-70,85-90,99-110H,9-22H2,1-8H3,(H,75,91)(H,76,92)(H,77,93)(H,78,94)(H,79,95)(H,80,96)(H,81,97)(H,82,98)(H2,73,83,125)(H2,74,84,126)/t31-,32-,33-,34-,35-,36-,37-,38-,39-,40-,41-,42-,43-,44-,45-,46-,47-,48-,49-,50-,51-,52-,53-,54-,55-,56-,57-,58-,59-,60-,61-,62-,63+,64+,65+,66+,67-,68-,69-,70-/m1/s1. The van der Waals surface area contributed by atoms with Crippen LogP contribution in [0.3, 0.4) is 0 Å². The summed E-state index contributed by atoms with van der Waals surface area (Å²) >= 11 is 11.7. The van der Waals surface area contributed by atoms with Gasteiger partial charge in [0.2, 0.25) is 47.3 Å². The van der Waals surface area contributed by atoms with Crippen LogP contribution in [0.25, 0.3) is 0 Å². The van der Waals surface area contributed by atoms with Crippen LogP contribution in [0.4, 0.5) is 0 Å². The maximum atomic E-state index is 13.6. The molecule has 0 saturated carbocycles. The summed E-state index contributed by atoms with van der Waals surface area (Å²) in [6.45, 7) is 1.31. The lowest BCUT2D eigenvalue weighted by Gasteiger charge is -2.52. The number of rotatable bonds is 37. The minimum atomic E-state index is -1.97. The molecule has 0 aromatic heterocycles. The molecule has 54 heteroatoms. The normalized spacial score (nSPS) is 40.7. The Morgan fingerprint density at radius 3 is 0.667 bits per heavy atom. The molecule has 8 aliphatic rings. The zero-order chi connectivity index (χ0) is 93.2. The van der Waals surface area contributed by atoms with Gasteiger partial charge in [0.15, 0.2) is 60.4 Å². The lowest BCUT2D eigenvalue weighted by Crippen LogP contribution is -2.73. The first kappa shape index (κ1) is 105. The second kappa shape index (κ2) is 48.8. The quantitative estimate of drug-likeness (QED) is 0.0203. The third-order valence-electron chi connectivity index (χ3n) is 21.9. The molecule has 8 fully saturated rings. The average Bonchev–Trinajstić information content (AvgIpc) is 0.762. The van der Waals surface area contributed by atoms with E-state index in [2.05, 4.69) is 63.8 Å². The number of thiocarbonyl (C=S) groups is 2. The van der Waals surface area contributed by atoms with Gasteiger partial charge in [-0.1, -0.05) is 12.8 Å². The number of amides is 8. The Hall–Kier alpha value is -6.14. The van der Waals surface area contributed by atoms with Crippen molar-refractivity contribution in [1.82, 2.24) is 63.8 Å². The van der Waals surface area contributed by atoms with Crippen molar-refractivity contribution in [3.63, 3.8) is 0 Å². The van der Waals surface area contributed by atoms with Crippen LogP contribution in [0.1, 0.15) is 81.1 Å². The van der Waals surface area contributed by atoms with Crippen LogP contribution < -0.4 is 63.8 Å². The minimum Gasteiger partial charge on any atom is -0.394 e. The van der Waals surface area contributed by atoms with E-state index in [0.29, 0.717) is 25.7 Å². The highest BCUT2D eigenvalue weighted by molar-refractivity contribution is 7.80. The summed E-state index contributed by atoms with van der Waals surface area (Å²) in [4.78, 5) is 104. The molecule has 0 radical (unpaired) electrons. The number of hydrogen-bond acceptors (Lipinski definition) is 42. The van der Waals surface area contributed by atoms with Crippen molar-refractivity contribution in [2.24, 2.45) is 0 Å². The summed E-state index contributed by atoms with van der Waals surface area (Å²) in [5.41, 5.74) is 0. The number of aliphatic hydroxyl groups is 18. The van der Waals surface area contributed by atoms with E-state index in [1.165, 1.54) is 0 Å². The Kier molecular flexibility index (Phi) is 40.8. The summed E-state index contributed by atoms with van der Waals surface area (Å²) in [7, 11) is 0. The molecular weight excluding hydrogens is 1740 g/mol. The van der Waals surface area contributed by atoms with Crippen molar-refractivity contribution in [3.8, 4) is 0 Å². The molecule has 40 atom stereocenters. The molecule has 8 rings (SSSR count). The summed E-state index contributed by atoms with van der Waals surface area (Å²) < 4.78 is 88.2. The van der Waals surface area contributed by atoms with E-state index in [9.17, 15) is 130 Å². The van der Waals surface area contributed by atoms with Crippen molar-refractivity contribution >= 4 is 81.9 Å². The van der Waals surface area contributed by atoms with Gasteiger partial charge in [0.05, 0.1) is 52.9 Å². The fourth-order valence-corrected chi connectivity index (χ4v) is 16.2. The van der Waals surface area contributed by atoms with Crippen molar-refractivity contribution in [3.05, 3.63) is 0 Å². The van der Waals surface area contributed by atoms with Crippen molar-refractivity contribution in [1.29, 1.82) is 0 Å². The predicted molar refractivity (Wildman–Crippen MR) is 422 cm³/mol. The second-order valence-electron chi connectivity index (χ2n) is 31.5. The van der Waals surface area contributed by atoms with Crippen LogP contribution in [0.2, 0.25) is 0 Å². The molecule has 30 N–H and O–H groups in total. The SMILES string of the molecule is CC(=O)N[C@@H]1[C@@H](O[C@H]2O[C@H](CO)[C@@H](O)[C@H](O)[C@H]2NC(C)=O)[C@H](O[C@H]2O[C@H](CO)[C@@H](O)[C@H](O)[C@H]2NC(C)=O)[C@@H](CO[C@H]2O[C@H](CO)[C@@H](O)[C@H](O)[C@H]2NC(C)=O)O[C@@H]1NC(=S)NCCCCCCNC(=S)N[C@H]1O[C@H](CO[C@H]2O[C@H](CO)[C@@H](O)[C@H](O)[C@H]2NC(C)=O)[C@@H](O[C@H]2O[C@H](CO)[C@@H](O)[C@H](O)[C@H]2NC(C)=O)[C@H](O[C@H]2O[C@H](CO)[C@@H](O)[C@H](O)[C@H]2NC(C)=O)[C@H]1NC(C)=O. The molecular formula is C72H122N12O40S2. The molecule has 0 bridgehead atoms. The summed E-state index contributed by atoms with van der Waals surface area (Å²) in [5, 5.41) is 229. The molecule has 0 aromatic carbocycles. The van der Waals surface area contributed by atoms with Gasteiger partial charge >= 0.3 is 0 Å². The largest absolute Gasteiger partial charge is 0.394 e. The van der Waals surface area contributed by atoms with Crippen LogP contribution in [-0.4, -0.2) is 460 Å². The number of aliphatic hydroxyl groups excluding tert-OH is 18. The van der Waals surface area contributed by atoms with Gasteiger partial charge in [0.1, 0.15) is 195 Å². The smallest absolute Gasteiger partial charge is 0.217 e. The maximum absolute atomic E-state index is 13.6. The number of carbonyl (C=O) groups excluding carboxylic acids is 8. The zero-order valence-electron chi connectivity index (χ0n) is 69.8. The summed E-state index contributed by atoms with van der Waals surface area (Å²) in [6.07, 6.45) is -56.5. The Morgan fingerprint density at radius 1 is 0.254 bits per heavy atom. The van der Waals surface area contributed by atoms with Crippen LogP contribution in [-0.2, 0) is 105 Å². The summed E-state index contributed by atoms with van der Waals surface area (Å²) in [6, 6.07) is -13.3. The second-order valence-corrected chi connectivity index (χ2v) is 32.3. The lowest BCUT2D eigenvalue weighted by molar-refractivity contribution is -0.348. The molecule has 8 heterocycles. The average molecular weight is 1860 g/mol. The van der Waals surface area contributed by atoms with Crippen LogP contribution in [0, 0.1) is 0 Å². The molecule has 722 valence electrons. The first-order chi connectivity index (χ1) is 59.6. The number of ether oxygens (including phenoxy) is 14. The third-order valence-corrected chi connectivity index (χ3v) is 22.4. The van der Waals surface area contributed by atoms with Gasteiger partial charge in [-0.2, -0.15) is 0 Å². The fourth-order valence-electron chi connectivity index (χ4n) is 15.8. The number of hydrogen-bond donors (Lipinski definition) is 30. The topological polar surface area (TPSA) is 774 Å². The highest BCUT2D eigenvalue weighted by atomic mass is 32.1. The maximum Gasteiger partial charge on any atom is 0.217 e. The molecule has 8 aliphatic heterocycles. The van der Waals surface area contributed by atoms with Crippen LogP contribution in [0.15, 0.2) is 0 Å². The zero-order valence-corrected chi connectivity index (χ0v) is 71.5. The van der Waals surface area contributed by atoms with Crippen LogP contribution >= 0.6 is 24.4 Å². The lowest BCUT2D eigenvalue weighted by atomic mass is 9.92. The number of unbranched alkanes of at least 4 members (excludes halogenated alkanes) is 3. The molecule has 8 saturated heterocycles. The molecule has 8 amide bonds. The highest BCUT2D eigenvalue weighted by Gasteiger charge is 2.60. The number of nitrogens with one attached hydrogen (secondary N) is 12. The first-order valence-corrected chi connectivity index (χ1v) is 41.6. The molecule has 52 nitrogen and oxygen atoms in total. The van der Waals surface area contributed by atoms with Crippen molar-refractivity contribution in [2.75, 3.05) is 65.9 Å². The monoisotopic (exact) mass is 1860 g/mol. The van der Waals surface area contributed by atoms with Crippen LogP contribution in [0.5, 0.6) is 0 Å². The van der Waals surface area contributed by atoms with Gasteiger partial charge in [-0.15, -0.1) is 0 Å². The Bertz CT molecular complexity index is 3340. The summed E-state index contributed by atoms with van der Waals surface area (Å²) in [5.74, 6) is -6.37. The third kappa shape index (κ3) is 27.3.